The number of ether oxygens (including phenoxy) is 1. The van der Waals surface area contributed by atoms with E-state index in [1.807, 2.05) is 0 Å². The average Bonchev–Trinajstić information content (AvgIpc) is 2.82. The smallest absolute Gasteiger partial charge is 0.257 e. The lowest BCUT2D eigenvalue weighted by Gasteiger charge is -2.09. The van der Waals surface area contributed by atoms with Crippen LogP contribution in [-0.4, -0.2) is 21.8 Å². The Kier molecular flexibility index (Phi) is 6.83. The van der Waals surface area contributed by atoms with E-state index in [1.54, 1.807) is 72.8 Å². The van der Waals surface area contributed by atoms with Crippen molar-refractivity contribution in [1.82, 2.24) is 9.97 Å². The molecular weight excluding hydrogens is 463 g/mol. The fourth-order valence-corrected chi connectivity index (χ4v) is 3.00. The summed E-state index contributed by atoms with van der Waals surface area (Å²) in [6, 6.07) is 20.2. The molecule has 0 aliphatic carbocycles. The molecule has 164 valence electrons. The van der Waals surface area contributed by atoms with Gasteiger partial charge in [0.2, 0.25) is 0 Å². The number of amides is 2. The van der Waals surface area contributed by atoms with Gasteiger partial charge in [-0.25, -0.2) is 9.97 Å². The van der Waals surface area contributed by atoms with Gasteiger partial charge < -0.3 is 15.4 Å². The molecule has 0 aliphatic rings. The first-order valence-corrected chi connectivity index (χ1v) is 10.5. The van der Waals surface area contributed by atoms with Gasteiger partial charge in [-0.05, 0) is 72.8 Å². The van der Waals surface area contributed by atoms with Gasteiger partial charge in [-0.2, -0.15) is 0 Å². The number of carbonyl (C=O) groups excluding carboxylic acids is 2. The number of anilines is 2. The van der Waals surface area contributed by atoms with Gasteiger partial charge >= 0.3 is 0 Å². The quantitative estimate of drug-likeness (QED) is 0.327. The first-order valence-electron chi connectivity index (χ1n) is 9.70. The zero-order valence-electron chi connectivity index (χ0n) is 17.0. The largest absolute Gasteiger partial charge is 0.457 e. The third-order valence-corrected chi connectivity index (χ3v) is 4.89. The Morgan fingerprint density at radius 2 is 1.00 bits per heavy atom. The average molecular weight is 479 g/mol. The van der Waals surface area contributed by atoms with Crippen molar-refractivity contribution in [2.24, 2.45) is 0 Å². The van der Waals surface area contributed by atoms with Gasteiger partial charge in [-0.3, -0.25) is 9.59 Å². The zero-order valence-corrected chi connectivity index (χ0v) is 18.5. The summed E-state index contributed by atoms with van der Waals surface area (Å²) in [7, 11) is 0. The van der Waals surface area contributed by atoms with Crippen molar-refractivity contribution in [3.8, 4) is 11.5 Å². The molecule has 4 rings (SSSR count). The van der Waals surface area contributed by atoms with E-state index < -0.39 is 0 Å². The van der Waals surface area contributed by atoms with Crippen molar-refractivity contribution >= 4 is 46.4 Å². The van der Waals surface area contributed by atoms with E-state index in [0.717, 1.165) is 0 Å². The Hall–Kier alpha value is -3.94. The Labute approximate surface area is 199 Å². The number of hydrogen-bond donors (Lipinski definition) is 2. The highest BCUT2D eigenvalue weighted by Crippen LogP contribution is 2.25. The fraction of sp³-hybridized carbons (Fsp3) is 0. The van der Waals surface area contributed by atoms with Crippen LogP contribution in [0.4, 0.5) is 11.4 Å². The van der Waals surface area contributed by atoms with Crippen LogP contribution in [0.15, 0.2) is 85.2 Å². The lowest BCUT2D eigenvalue weighted by Crippen LogP contribution is -2.12. The number of aromatic nitrogens is 2. The van der Waals surface area contributed by atoms with Gasteiger partial charge in [0, 0.05) is 23.8 Å². The Morgan fingerprint density at radius 3 is 1.33 bits per heavy atom. The maximum absolute atomic E-state index is 12.3. The molecule has 0 saturated carbocycles. The lowest BCUT2D eigenvalue weighted by atomic mass is 10.2. The Balaban J connectivity index is 1.33. The van der Waals surface area contributed by atoms with Crippen LogP contribution in [0.2, 0.25) is 10.3 Å². The second kappa shape index (κ2) is 10.1. The van der Waals surface area contributed by atoms with Crippen LogP contribution in [0.5, 0.6) is 11.5 Å². The zero-order chi connectivity index (χ0) is 23.2. The highest BCUT2D eigenvalue weighted by molar-refractivity contribution is 6.29. The van der Waals surface area contributed by atoms with Gasteiger partial charge in [0.1, 0.15) is 21.8 Å². The first kappa shape index (κ1) is 22.3. The van der Waals surface area contributed by atoms with Gasteiger partial charge in [0.05, 0.1) is 11.1 Å². The van der Waals surface area contributed by atoms with Crippen molar-refractivity contribution in [3.05, 3.63) is 107 Å². The van der Waals surface area contributed by atoms with Crippen LogP contribution >= 0.6 is 23.2 Å². The minimum atomic E-state index is -0.292. The molecule has 2 aromatic heterocycles. The monoisotopic (exact) mass is 478 g/mol. The molecule has 9 heteroatoms. The maximum atomic E-state index is 12.3. The summed E-state index contributed by atoms with van der Waals surface area (Å²) in [4.78, 5) is 32.3. The summed E-state index contributed by atoms with van der Waals surface area (Å²) < 4.78 is 5.82. The predicted molar refractivity (Wildman–Crippen MR) is 127 cm³/mol. The number of halogens is 2. The van der Waals surface area contributed by atoms with Gasteiger partial charge in [0.25, 0.3) is 11.8 Å². The molecule has 2 aromatic carbocycles. The second-order valence-corrected chi connectivity index (χ2v) is 7.57. The van der Waals surface area contributed by atoms with Gasteiger partial charge in [-0.1, -0.05) is 23.2 Å². The molecule has 0 saturated heterocycles. The van der Waals surface area contributed by atoms with E-state index in [-0.39, 0.29) is 11.8 Å². The fourth-order valence-electron chi connectivity index (χ4n) is 2.78. The van der Waals surface area contributed by atoms with Crippen molar-refractivity contribution < 1.29 is 14.3 Å². The molecule has 0 fully saturated rings. The number of hydrogen-bond acceptors (Lipinski definition) is 5. The summed E-state index contributed by atoms with van der Waals surface area (Å²) in [5, 5.41) is 6.21. The molecule has 0 radical (unpaired) electrons. The summed E-state index contributed by atoms with van der Waals surface area (Å²) in [5.74, 6) is 0.593. The molecular formula is C24H16Cl2N4O3. The van der Waals surface area contributed by atoms with E-state index in [4.69, 9.17) is 27.9 Å². The van der Waals surface area contributed by atoms with Crippen molar-refractivity contribution in [3.63, 3.8) is 0 Å². The van der Waals surface area contributed by atoms with Gasteiger partial charge in [0.15, 0.2) is 0 Å². The van der Waals surface area contributed by atoms with Crippen molar-refractivity contribution in [2.75, 3.05) is 10.6 Å². The number of carbonyl (C=O) groups is 2. The van der Waals surface area contributed by atoms with E-state index in [9.17, 15) is 9.59 Å². The molecule has 33 heavy (non-hydrogen) atoms. The predicted octanol–water partition coefficient (Wildman–Crippen LogP) is 6.08. The van der Waals surface area contributed by atoms with E-state index in [1.165, 1.54) is 12.4 Å². The minimum absolute atomic E-state index is 0.292. The number of nitrogens with one attached hydrogen (secondary N) is 2. The number of pyridine rings is 2. The lowest BCUT2D eigenvalue weighted by molar-refractivity contribution is 0.101. The number of benzene rings is 2. The standard InChI is InChI=1S/C24H16Cl2N4O3/c25-21-11-1-15(13-27-21)23(31)29-17-3-7-19(8-4-17)33-20-9-5-18(6-10-20)30-24(32)16-2-12-22(26)28-14-16/h1-14H,(H,29,31)(H,30,32). The Morgan fingerprint density at radius 1 is 0.606 bits per heavy atom. The van der Waals surface area contributed by atoms with Crippen LogP contribution in [0.25, 0.3) is 0 Å². The normalized spacial score (nSPS) is 10.4. The molecule has 0 spiro atoms. The molecule has 4 aromatic rings. The van der Waals surface area contributed by atoms with Crippen LogP contribution in [-0.2, 0) is 0 Å². The van der Waals surface area contributed by atoms with Crippen molar-refractivity contribution in [2.45, 2.75) is 0 Å². The first-order chi connectivity index (χ1) is 16.0. The van der Waals surface area contributed by atoms with E-state index in [2.05, 4.69) is 20.6 Å². The van der Waals surface area contributed by atoms with Gasteiger partial charge in [-0.15, -0.1) is 0 Å². The minimum Gasteiger partial charge on any atom is -0.457 e. The summed E-state index contributed by atoms with van der Waals surface area (Å²) in [6.45, 7) is 0. The van der Waals surface area contributed by atoms with Crippen LogP contribution in [0.3, 0.4) is 0 Å². The Bertz CT molecular complexity index is 1160. The molecule has 7 nitrogen and oxygen atoms in total. The molecule has 0 bridgehead atoms. The molecule has 0 unspecified atom stereocenters. The molecule has 2 heterocycles. The molecule has 0 atom stereocenters. The third-order valence-electron chi connectivity index (χ3n) is 4.44. The van der Waals surface area contributed by atoms with Crippen LogP contribution < -0.4 is 15.4 Å². The van der Waals surface area contributed by atoms with Crippen molar-refractivity contribution in [1.29, 1.82) is 0 Å². The summed E-state index contributed by atoms with van der Waals surface area (Å²) >= 11 is 11.5. The number of rotatable bonds is 6. The second-order valence-electron chi connectivity index (χ2n) is 6.80. The summed E-state index contributed by atoms with van der Waals surface area (Å²) in [6.07, 6.45) is 2.82. The topological polar surface area (TPSA) is 93.2 Å². The number of nitrogens with zero attached hydrogens (tertiary/aromatic N) is 2. The highest BCUT2D eigenvalue weighted by atomic mass is 35.5. The maximum Gasteiger partial charge on any atom is 0.257 e. The van der Waals surface area contributed by atoms with Crippen LogP contribution in [0.1, 0.15) is 20.7 Å². The molecule has 2 N–H and O–H groups in total. The molecule has 2 amide bonds. The van der Waals surface area contributed by atoms with E-state index >= 15 is 0 Å². The summed E-state index contributed by atoms with van der Waals surface area (Å²) in [5.41, 5.74) is 2.02. The highest BCUT2D eigenvalue weighted by Gasteiger charge is 2.08. The van der Waals surface area contributed by atoms with E-state index in [0.29, 0.717) is 44.3 Å². The SMILES string of the molecule is O=C(Nc1ccc(Oc2ccc(NC(=O)c3ccc(Cl)nc3)cc2)cc1)c1ccc(Cl)nc1. The third kappa shape index (κ3) is 6.06. The van der Waals surface area contributed by atoms with Crippen LogP contribution in [0, 0.1) is 0 Å². The molecule has 0 aliphatic heterocycles.